The fraction of sp³-hybridized carbons (Fsp3) is 0.238. The Bertz CT molecular complexity index is 1150. The molecule has 0 aliphatic carbocycles. The van der Waals surface area contributed by atoms with E-state index in [1.807, 2.05) is 30.3 Å². The molecule has 130 valence electrons. The molecule has 4 nitrogen and oxygen atoms in total. The number of para-hydroxylation sites is 1. The highest BCUT2D eigenvalue weighted by molar-refractivity contribution is 9.10. The number of carbonyl (C=O) groups is 1. The Labute approximate surface area is 159 Å². The summed E-state index contributed by atoms with van der Waals surface area (Å²) < 4.78 is 3.10. The lowest BCUT2D eigenvalue weighted by molar-refractivity contribution is 0.0988. The normalized spacial score (nSPS) is 17.8. The minimum absolute atomic E-state index is 0.164. The Morgan fingerprint density at radius 2 is 2.04 bits per heavy atom. The van der Waals surface area contributed by atoms with Crippen molar-refractivity contribution < 1.29 is 4.79 Å². The summed E-state index contributed by atoms with van der Waals surface area (Å²) in [4.78, 5) is 28.1. The number of amides is 1. The molecule has 1 atom stereocenters. The molecule has 5 rings (SSSR count). The summed E-state index contributed by atoms with van der Waals surface area (Å²) in [5.74, 6) is -0.203. The smallest absolute Gasteiger partial charge is 0.263 e. The monoisotopic (exact) mass is 408 g/mol. The largest absolute Gasteiger partial charge is 0.343 e. The van der Waals surface area contributed by atoms with Crippen LogP contribution in [-0.4, -0.2) is 17.0 Å². The molecule has 1 aromatic heterocycles. The zero-order valence-electron chi connectivity index (χ0n) is 14.3. The van der Waals surface area contributed by atoms with Crippen LogP contribution in [0.2, 0.25) is 0 Å². The molecule has 1 amide bonds. The van der Waals surface area contributed by atoms with Gasteiger partial charge < -0.3 is 9.47 Å². The molecule has 5 heteroatoms. The van der Waals surface area contributed by atoms with Crippen LogP contribution in [0.5, 0.6) is 0 Å². The van der Waals surface area contributed by atoms with Gasteiger partial charge in [0.05, 0.1) is 5.52 Å². The lowest BCUT2D eigenvalue weighted by Crippen LogP contribution is -2.33. The number of nitrogens with zero attached hydrogens (tertiary/aromatic N) is 2. The molecule has 3 aromatic rings. The molecule has 0 radical (unpaired) electrons. The maximum atomic E-state index is 13.3. The molecule has 0 unspecified atom stereocenters. The van der Waals surface area contributed by atoms with Gasteiger partial charge in [0.25, 0.3) is 5.91 Å². The highest BCUT2D eigenvalue weighted by atomic mass is 79.9. The van der Waals surface area contributed by atoms with Crippen molar-refractivity contribution in [3.63, 3.8) is 0 Å². The van der Waals surface area contributed by atoms with Gasteiger partial charge in [0, 0.05) is 34.3 Å². The van der Waals surface area contributed by atoms with Crippen LogP contribution in [0.25, 0.3) is 10.9 Å². The molecule has 0 bridgehead atoms. The van der Waals surface area contributed by atoms with Crippen molar-refractivity contribution in [2.24, 2.45) is 0 Å². The Balaban J connectivity index is 1.67. The van der Waals surface area contributed by atoms with E-state index in [1.54, 1.807) is 11.1 Å². The molecule has 2 aliphatic heterocycles. The molecule has 0 saturated heterocycles. The first kappa shape index (κ1) is 15.8. The Hall–Kier alpha value is -2.40. The highest BCUT2D eigenvalue weighted by Crippen LogP contribution is 2.33. The third-order valence-electron chi connectivity index (χ3n) is 5.54. The average molecular weight is 409 g/mol. The minimum atomic E-state index is -0.203. The maximum absolute atomic E-state index is 13.3. The van der Waals surface area contributed by atoms with Crippen molar-refractivity contribution in [2.75, 3.05) is 11.4 Å². The second-order valence-corrected chi connectivity index (χ2v) is 8.04. The predicted octanol–water partition coefficient (Wildman–Crippen LogP) is 4.08. The number of carbonyl (C=O) groups excluding carboxylic acids is 1. The van der Waals surface area contributed by atoms with Gasteiger partial charge in [0.1, 0.15) is 5.56 Å². The van der Waals surface area contributed by atoms with E-state index in [4.69, 9.17) is 0 Å². The van der Waals surface area contributed by atoms with E-state index in [2.05, 4.69) is 33.5 Å². The second kappa shape index (κ2) is 5.55. The Morgan fingerprint density at radius 3 is 2.88 bits per heavy atom. The van der Waals surface area contributed by atoms with Crippen molar-refractivity contribution in [2.45, 2.75) is 25.8 Å². The molecule has 2 aromatic carbocycles. The van der Waals surface area contributed by atoms with E-state index >= 15 is 0 Å². The van der Waals surface area contributed by atoms with Gasteiger partial charge in [-0.2, -0.15) is 0 Å². The van der Waals surface area contributed by atoms with Gasteiger partial charge in [-0.1, -0.05) is 28.1 Å². The van der Waals surface area contributed by atoms with Gasteiger partial charge in [-0.05, 0) is 55.2 Å². The first-order chi connectivity index (χ1) is 12.5. The van der Waals surface area contributed by atoms with Crippen LogP contribution in [0.3, 0.4) is 0 Å². The molecular weight excluding hydrogens is 392 g/mol. The standard InChI is InChI=1S/C21H17BrN2O2/c1-12-9-14-3-2-4-16-19(14)24(12)11-17(20(16)25)21(26)23-8-7-13-10-15(22)5-6-18(13)23/h2-6,10-12H,7-9H2,1H3/t12-/m0/s1. The van der Waals surface area contributed by atoms with Crippen molar-refractivity contribution in [3.8, 4) is 0 Å². The van der Waals surface area contributed by atoms with Gasteiger partial charge in [-0.15, -0.1) is 0 Å². The van der Waals surface area contributed by atoms with Crippen LogP contribution in [-0.2, 0) is 12.8 Å². The zero-order valence-corrected chi connectivity index (χ0v) is 15.9. The fourth-order valence-electron chi connectivity index (χ4n) is 4.29. The van der Waals surface area contributed by atoms with Crippen molar-refractivity contribution in [3.05, 3.63) is 74.0 Å². The van der Waals surface area contributed by atoms with E-state index in [9.17, 15) is 9.59 Å². The SMILES string of the molecule is C[C@H]1Cc2cccc3c(=O)c(C(=O)N4CCc5cc(Br)ccc54)cn1c23. The number of pyridine rings is 1. The lowest BCUT2D eigenvalue weighted by Gasteiger charge is -2.19. The molecule has 26 heavy (non-hydrogen) atoms. The third-order valence-corrected chi connectivity index (χ3v) is 6.03. The van der Waals surface area contributed by atoms with Gasteiger partial charge in [0.2, 0.25) is 5.43 Å². The number of hydrogen-bond donors (Lipinski definition) is 0. The number of hydrogen-bond acceptors (Lipinski definition) is 2. The molecule has 0 fully saturated rings. The minimum Gasteiger partial charge on any atom is -0.343 e. The third kappa shape index (κ3) is 2.13. The number of anilines is 1. The lowest BCUT2D eigenvalue weighted by atomic mass is 10.1. The summed E-state index contributed by atoms with van der Waals surface area (Å²) in [6, 6.07) is 12.0. The topological polar surface area (TPSA) is 42.3 Å². The van der Waals surface area contributed by atoms with Crippen LogP contribution >= 0.6 is 15.9 Å². The zero-order chi connectivity index (χ0) is 18.0. The quantitative estimate of drug-likeness (QED) is 0.608. The Morgan fingerprint density at radius 1 is 1.19 bits per heavy atom. The highest BCUT2D eigenvalue weighted by Gasteiger charge is 2.30. The van der Waals surface area contributed by atoms with Crippen molar-refractivity contribution >= 4 is 38.4 Å². The summed E-state index contributed by atoms with van der Waals surface area (Å²) in [6.45, 7) is 2.73. The van der Waals surface area contributed by atoms with Gasteiger partial charge in [-0.3, -0.25) is 9.59 Å². The second-order valence-electron chi connectivity index (χ2n) is 7.13. The fourth-order valence-corrected chi connectivity index (χ4v) is 4.70. The van der Waals surface area contributed by atoms with Crippen LogP contribution in [0, 0.1) is 0 Å². The first-order valence-electron chi connectivity index (χ1n) is 8.81. The van der Waals surface area contributed by atoms with Crippen LogP contribution in [0.4, 0.5) is 5.69 Å². The van der Waals surface area contributed by atoms with Crippen molar-refractivity contribution in [1.82, 2.24) is 4.57 Å². The van der Waals surface area contributed by atoms with Gasteiger partial charge in [-0.25, -0.2) is 0 Å². The number of rotatable bonds is 1. The predicted molar refractivity (Wildman–Crippen MR) is 106 cm³/mol. The van der Waals surface area contributed by atoms with E-state index in [-0.39, 0.29) is 22.9 Å². The van der Waals surface area contributed by atoms with Crippen molar-refractivity contribution in [1.29, 1.82) is 0 Å². The number of benzene rings is 2. The molecule has 0 spiro atoms. The number of fused-ring (bicyclic) bond motifs is 1. The maximum Gasteiger partial charge on any atom is 0.263 e. The summed E-state index contributed by atoms with van der Waals surface area (Å²) in [7, 11) is 0. The van der Waals surface area contributed by atoms with Gasteiger partial charge >= 0.3 is 0 Å². The molecule has 0 N–H and O–H groups in total. The molecular formula is C21H17BrN2O2. The summed E-state index contributed by atoms with van der Waals surface area (Å²) in [5, 5.41) is 0.646. The first-order valence-corrected chi connectivity index (χ1v) is 9.61. The van der Waals surface area contributed by atoms with E-state index in [0.29, 0.717) is 11.9 Å². The summed E-state index contributed by atoms with van der Waals surface area (Å²) >= 11 is 3.48. The molecule has 0 saturated carbocycles. The summed E-state index contributed by atoms with van der Waals surface area (Å²) in [6.07, 6.45) is 3.48. The van der Waals surface area contributed by atoms with Crippen LogP contribution < -0.4 is 10.3 Å². The van der Waals surface area contributed by atoms with Crippen LogP contribution in [0.15, 0.2) is 51.9 Å². The van der Waals surface area contributed by atoms with E-state index in [1.165, 1.54) is 5.56 Å². The molecule has 2 aliphatic rings. The average Bonchev–Trinajstić information content (AvgIpc) is 3.18. The molecule has 3 heterocycles. The van der Waals surface area contributed by atoms with E-state index in [0.717, 1.165) is 34.1 Å². The van der Waals surface area contributed by atoms with Gasteiger partial charge in [0.15, 0.2) is 0 Å². The Kier molecular flexibility index (Phi) is 3.38. The van der Waals surface area contributed by atoms with E-state index < -0.39 is 0 Å². The number of halogens is 1. The number of aromatic nitrogens is 1. The van der Waals surface area contributed by atoms with Crippen LogP contribution in [0.1, 0.15) is 34.5 Å². The summed E-state index contributed by atoms with van der Waals surface area (Å²) in [5.41, 5.74) is 4.30.